The third kappa shape index (κ3) is 1.67. The molecule has 3 aliphatic carbocycles. The second-order valence-corrected chi connectivity index (χ2v) is 8.11. The largest absolute Gasteiger partial charge is 0.458 e. The van der Waals surface area contributed by atoms with E-state index < -0.39 is 5.60 Å². The number of carbonyl (C=O) groups excluding carboxylic acids is 2. The van der Waals surface area contributed by atoms with Crippen molar-refractivity contribution < 1.29 is 18.7 Å². The first-order valence-corrected chi connectivity index (χ1v) is 9.03. The molecule has 1 spiro atoms. The third-order valence-corrected chi connectivity index (χ3v) is 7.23. The van der Waals surface area contributed by atoms with E-state index in [1.807, 2.05) is 6.07 Å². The Kier molecular flexibility index (Phi) is 2.85. The molecule has 1 aromatic carbocycles. The SMILES string of the molecule is CC(=O)[C@@H]1CC[C@H]2[C@@H]3CCc4ccc(F)cc4[C@H]3[C@H]3C[C@@]12OC3=O. The third-order valence-electron chi connectivity index (χ3n) is 7.23. The highest BCUT2D eigenvalue weighted by Crippen LogP contribution is 2.65. The summed E-state index contributed by atoms with van der Waals surface area (Å²) in [4.78, 5) is 24.8. The van der Waals surface area contributed by atoms with E-state index in [2.05, 4.69) is 0 Å². The lowest BCUT2D eigenvalue weighted by Crippen LogP contribution is -2.50. The first-order valence-electron chi connectivity index (χ1n) is 9.03. The fourth-order valence-corrected chi connectivity index (χ4v) is 6.47. The monoisotopic (exact) mass is 328 g/mol. The number of aryl methyl sites for hydroxylation is 1. The van der Waals surface area contributed by atoms with Crippen LogP contribution in [0.5, 0.6) is 0 Å². The summed E-state index contributed by atoms with van der Waals surface area (Å²) in [5, 5.41) is 0. The first kappa shape index (κ1) is 14.6. The highest BCUT2D eigenvalue weighted by molar-refractivity contribution is 5.84. The summed E-state index contributed by atoms with van der Waals surface area (Å²) in [6, 6.07) is 5.01. The van der Waals surface area contributed by atoms with Gasteiger partial charge in [0.25, 0.3) is 0 Å². The minimum atomic E-state index is -0.570. The number of hydrogen-bond acceptors (Lipinski definition) is 3. The second kappa shape index (κ2) is 4.68. The quantitative estimate of drug-likeness (QED) is 0.742. The van der Waals surface area contributed by atoms with E-state index in [-0.39, 0.29) is 41.2 Å². The van der Waals surface area contributed by atoms with Gasteiger partial charge in [0, 0.05) is 18.3 Å². The maximum atomic E-state index is 13.9. The van der Waals surface area contributed by atoms with Crippen LogP contribution in [-0.2, 0) is 20.7 Å². The number of hydrogen-bond donors (Lipinski definition) is 0. The molecule has 1 aromatic rings. The van der Waals surface area contributed by atoms with Gasteiger partial charge in [0.15, 0.2) is 0 Å². The van der Waals surface area contributed by atoms with E-state index >= 15 is 0 Å². The molecule has 3 fully saturated rings. The molecule has 0 unspecified atom stereocenters. The molecule has 0 amide bonds. The van der Waals surface area contributed by atoms with Gasteiger partial charge in [0.05, 0.1) is 11.8 Å². The Morgan fingerprint density at radius 2 is 2.12 bits per heavy atom. The predicted octanol–water partition coefficient (Wildman–Crippen LogP) is 3.40. The molecule has 4 heteroatoms. The standard InChI is InChI=1S/C20H21FO3/c1-10(22)16-6-7-17-13-5-3-11-2-4-12(21)8-14(11)18(13)15-9-20(16,17)24-19(15)23/h2,4,8,13,15-18H,3,5-7,9H2,1H3/t13-,15+,16-,17-,18-,20+/m0/s1. The number of halogens is 1. The van der Waals surface area contributed by atoms with E-state index in [9.17, 15) is 14.0 Å². The summed E-state index contributed by atoms with van der Waals surface area (Å²) in [7, 11) is 0. The number of ketones is 1. The molecule has 3 nitrogen and oxygen atoms in total. The molecule has 0 aromatic heterocycles. The van der Waals surface area contributed by atoms with Crippen molar-refractivity contribution in [2.75, 3.05) is 0 Å². The number of benzene rings is 1. The maximum Gasteiger partial charge on any atom is 0.310 e. The van der Waals surface area contributed by atoms with Crippen LogP contribution in [0.4, 0.5) is 4.39 Å². The van der Waals surface area contributed by atoms with Crippen LogP contribution >= 0.6 is 0 Å². The van der Waals surface area contributed by atoms with E-state index in [1.165, 1.54) is 11.6 Å². The van der Waals surface area contributed by atoms with Gasteiger partial charge < -0.3 is 4.74 Å². The lowest BCUT2D eigenvalue weighted by atomic mass is 9.55. The topological polar surface area (TPSA) is 43.4 Å². The number of esters is 1. The summed E-state index contributed by atoms with van der Waals surface area (Å²) in [5.74, 6) is 0.0149. The van der Waals surface area contributed by atoms with E-state index in [1.54, 1.807) is 13.0 Å². The molecule has 1 saturated heterocycles. The highest BCUT2D eigenvalue weighted by atomic mass is 19.1. The van der Waals surface area contributed by atoms with Crippen LogP contribution < -0.4 is 0 Å². The van der Waals surface area contributed by atoms with E-state index in [4.69, 9.17) is 4.74 Å². The van der Waals surface area contributed by atoms with Gasteiger partial charge in [-0.2, -0.15) is 0 Å². The summed E-state index contributed by atoms with van der Waals surface area (Å²) in [6.45, 7) is 1.63. The van der Waals surface area contributed by atoms with Crippen molar-refractivity contribution in [3.8, 4) is 0 Å². The van der Waals surface area contributed by atoms with Crippen molar-refractivity contribution in [1.29, 1.82) is 0 Å². The van der Waals surface area contributed by atoms with Gasteiger partial charge in [0.1, 0.15) is 17.2 Å². The van der Waals surface area contributed by atoms with Crippen LogP contribution in [0.15, 0.2) is 18.2 Å². The molecule has 126 valence electrons. The number of fused-ring (bicyclic) bond motifs is 6. The average molecular weight is 328 g/mol. The minimum absolute atomic E-state index is 0.0586. The molecule has 1 aliphatic heterocycles. The van der Waals surface area contributed by atoms with Crippen molar-refractivity contribution in [3.05, 3.63) is 35.1 Å². The highest BCUT2D eigenvalue weighted by Gasteiger charge is 2.68. The Hall–Kier alpha value is -1.71. The number of Topliss-reactive ketones (excluding diaryl/α,β-unsaturated/α-hetero) is 1. The fourth-order valence-electron chi connectivity index (χ4n) is 6.47. The second-order valence-electron chi connectivity index (χ2n) is 8.11. The van der Waals surface area contributed by atoms with Crippen molar-refractivity contribution in [3.63, 3.8) is 0 Å². The Labute approximate surface area is 140 Å². The Morgan fingerprint density at radius 1 is 1.29 bits per heavy atom. The van der Waals surface area contributed by atoms with Crippen LogP contribution in [0.25, 0.3) is 0 Å². The average Bonchev–Trinajstić information content (AvgIpc) is 3.05. The lowest BCUT2D eigenvalue weighted by Gasteiger charge is -2.47. The van der Waals surface area contributed by atoms with Crippen molar-refractivity contribution in [1.82, 2.24) is 0 Å². The Bertz CT molecular complexity index is 757. The van der Waals surface area contributed by atoms with Crippen LogP contribution in [0.2, 0.25) is 0 Å². The molecule has 1 heterocycles. The Morgan fingerprint density at radius 3 is 2.92 bits per heavy atom. The molecule has 6 atom stereocenters. The smallest absolute Gasteiger partial charge is 0.310 e. The maximum absolute atomic E-state index is 13.9. The molecule has 0 radical (unpaired) electrons. The molecule has 4 aliphatic rings. The summed E-state index contributed by atoms with van der Waals surface area (Å²) in [6.07, 6.45) is 4.33. The van der Waals surface area contributed by atoms with Crippen LogP contribution in [0.1, 0.15) is 49.7 Å². The molecule has 0 N–H and O–H groups in total. The number of carbonyl (C=O) groups is 2. The minimum Gasteiger partial charge on any atom is -0.458 e. The van der Waals surface area contributed by atoms with Gasteiger partial charge in [-0.1, -0.05) is 6.07 Å². The molecule has 24 heavy (non-hydrogen) atoms. The lowest BCUT2D eigenvalue weighted by molar-refractivity contribution is -0.158. The number of ether oxygens (including phenoxy) is 1. The van der Waals surface area contributed by atoms with Gasteiger partial charge in [-0.25, -0.2) is 4.39 Å². The van der Waals surface area contributed by atoms with Crippen molar-refractivity contribution >= 4 is 11.8 Å². The van der Waals surface area contributed by atoms with Crippen molar-refractivity contribution in [2.24, 2.45) is 23.7 Å². The predicted molar refractivity (Wildman–Crippen MR) is 84.8 cm³/mol. The molecular formula is C20H21FO3. The first-order chi connectivity index (χ1) is 11.5. The zero-order chi connectivity index (χ0) is 16.6. The zero-order valence-electron chi connectivity index (χ0n) is 13.8. The zero-order valence-corrected chi connectivity index (χ0v) is 13.8. The fraction of sp³-hybridized carbons (Fsp3) is 0.600. The normalized spacial score (nSPS) is 42.1. The molecule has 5 rings (SSSR count). The van der Waals surface area contributed by atoms with Crippen LogP contribution in [0, 0.1) is 29.5 Å². The summed E-state index contributed by atoms with van der Waals surface area (Å²) < 4.78 is 19.8. The van der Waals surface area contributed by atoms with Gasteiger partial charge in [-0.15, -0.1) is 0 Å². The van der Waals surface area contributed by atoms with Gasteiger partial charge in [0.2, 0.25) is 0 Å². The van der Waals surface area contributed by atoms with Crippen molar-refractivity contribution in [2.45, 2.75) is 50.5 Å². The van der Waals surface area contributed by atoms with Gasteiger partial charge in [-0.3, -0.25) is 9.59 Å². The van der Waals surface area contributed by atoms with Gasteiger partial charge >= 0.3 is 5.97 Å². The molecule has 2 bridgehead atoms. The van der Waals surface area contributed by atoms with Gasteiger partial charge in [-0.05, 0) is 61.8 Å². The van der Waals surface area contributed by atoms with Crippen LogP contribution in [-0.4, -0.2) is 17.4 Å². The van der Waals surface area contributed by atoms with E-state index in [0.29, 0.717) is 12.3 Å². The number of rotatable bonds is 1. The Balaban J connectivity index is 1.64. The molecule has 2 saturated carbocycles. The van der Waals surface area contributed by atoms with Crippen LogP contribution in [0.3, 0.4) is 0 Å². The van der Waals surface area contributed by atoms with E-state index in [0.717, 1.165) is 31.2 Å². The summed E-state index contributed by atoms with van der Waals surface area (Å²) in [5.41, 5.74) is 1.61. The summed E-state index contributed by atoms with van der Waals surface area (Å²) >= 11 is 0. The molecular weight excluding hydrogens is 307 g/mol.